The van der Waals surface area contributed by atoms with E-state index in [0.29, 0.717) is 12.1 Å². The predicted octanol–water partition coefficient (Wildman–Crippen LogP) is 13.1. The van der Waals surface area contributed by atoms with Crippen molar-refractivity contribution in [3.63, 3.8) is 0 Å². The Morgan fingerprint density at radius 3 is 1.38 bits per heavy atom. The summed E-state index contributed by atoms with van der Waals surface area (Å²) >= 11 is 0. The molecule has 2 rings (SSSR count). The number of benzene rings is 2. The van der Waals surface area contributed by atoms with Gasteiger partial charge in [-0.3, -0.25) is 0 Å². The monoisotopic (exact) mass is 598 g/mol. The zero-order valence-electron chi connectivity index (χ0n) is 27.7. The maximum Gasteiger partial charge on any atom is 0.430 e. The molecule has 238 valence electrons. The molecule has 0 aliphatic carbocycles. The molecule has 2 aromatic rings. The molecule has 0 aromatic heterocycles. The normalized spacial score (nSPS) is 12.4. The van der Waals surface area contributed by atoms with Crippen LogP contribution in [-0.4, -0.2) is 6.16 Å². The molecule has 0 bridgehead atoms. The molecule has 0 saturated carbocycles. The summed E-state index contributed by atoms with van der Waals surface area (Å²) in [6, 6.07) is 16.4. The molecule has 1 unspecified atom stereocenters. The second-order valence-electron chi connectivity index (χ2n) is 12.4. The molecule has 0 aliphatic heterocycles. The molecule has 4 heteroatoms. The smallest absolute Gasteiger partial charge is 0.416 e. The van der Waals surface area contributed by atoms with E-state index < -0.39 is 7.60 Å². The van der Waals surface area contributed by atoms with Gasteiger partial charge in [0.05, 0.1) is 6.16 Å². The van der Waals surface area contributed by atoms with E-state index in [1.165, 1.54) is 77.0 Å². The number of unbranched alkanes of at least 4 members (excludes halogenated alkanes) is 13. The Morgan fingerprint density at radius 1 is 0.548 bits per heavy atom. The first kappa shape index (κ1) is 36.5. The van der Waals surface area contributed by atoms with Crippen molar-refractivity contribution in [3.8, 4) is 11.5 Å². The minimum absolute atomic E-state index is 0.321. The van der Waals surface area contributed by atoms with Gasteiger partial charge in [0.25, 0.3) is 0 Å². The van der Waals surface area contributed by atoms with E-state index in [-0.39, 0.29) is 0 Å². The molecule has 0 radical (unpaired) electrons. The van der Waals surface area contributed by atoms with Crippen molar-refractivity contribution in [2.24, 2.45) is 5.92 Å². The number of rotatable bonds is 26. The predicted molar refractivity (Wildman–Crippen MR) is 183 cm³/mol. The Balaban J connectivity index is 2.14. The highest BCUT2D eigenvalue weighted by Crippen LogP contribution is 2.52. The summed E-state index contributed by atoms with van der Waals surface area (Å²) in [6.07, 6.45) is 24.6. The van der Waals surface area contributed by atoms with Crippen molar-refractivity contribution >= 4 is 7.60 Å². The molecule has 0 aliphatic rings. The molecule has 0 fully saturated rings. The van der Waals surface area contributed by atoms with Crippen molar-refractivity contribution in [1.82, 2.24) is 0 Å². The molecular weight excluding hydrogens is 535 g/mol. The molecule has 0 heterocycles. The molecular formula is C38H63O3P. The van der Waals surface area contributed by atoms with Gasteiger partial charge in [0, 0.05) is 0 Å². The first-order chi connectivity index (χ1) is 20.5. The molecule has 1 atom stereocenters. The molecule has 0 saturated heterocycles. The van der Waals surface area contributed by atoms with E-state index >= 15 is 0 Å². The third kappa shape index (κ3) is 15.1. The van der Waals surface area contributed by atoms with Gasteiger partial charge < -0.3 is 9.05 Å². The van der Waals surface area contributed by atoms with Crippen LogP contribution < -0.4 is 9.05 Å². The molecule has 3 nitrogen and oxygen atoms in total. The van der Waals surface area contributed by atoms with Crippen molar-refractivity contribution in [1.29, 1.82) is 0 Å². The summed E-state index contributed by atoms with van der Waals surface area (Å²) in [6.45, 7) is 8.95. The molecule has 42 heavy (non-hydrogen) atoms. The van der Waals surface area contributed by atoms with Crippen LogP contribution in [0.25, 0.3) is 0 Å². The van der Waals surface area contributed by atoms with Gasteiger partial charge in [0.2, 0.25) is 0 Å². The van der Waals surface area contributed by atoms with E-state index in [1.807, 2.05) is 24.3 Å². The van der Waals surface area contributed by atoms with Gasteiger partial charge in [-0.25, -0.2) is 4.57 Å². The third-order valence-electron chi connectivity index (χ3n) is 8.54. The van der Waals surface area contributed by atoms with Crippen LogP contribution in [0.4, 0.5) is 0 Å². The fourth-order valence-electron chi connectivity index (χ4n) is 5.77. The average molecular weight is 599 g/mol. The third-order valence-corrected chi connectivity index (χ3v) is 10.5. The van der Waals surface area contributed by atoms with Crippen LogP contribution in [0.2, 0.25) is 0 Å². The number of hydrogen-bond donors (Lipinski definition) is 0. The van der Waals surface area contributed by atoms with E-state index in [0.717, 1.165) is 74.0 Å². The van der Waals surface area contributed by atoms with Crippen LogP contribution in [0.15, 0.2) is 48.5 Å². The van der Waals surface area contributed by atoms with Gasteiger partial charge in [-0.2, -0.15) is 0 Å². The van der Waals surface area contributed by atoms with Crippen LogP contribution in [-0.2, 0) is 17.4 Å². The van der Waals surface area contributed by atoms with Gasteiger partial charge in [-0.15, -0.1) is 0 Å². The van der Waals surface area contributed by atoms with Crippen LogP contribution in [0, 0.1) is 5.92 Å². The zero-order chi connectivity index (χ0) is 30.3. The quantitative estimate of drug-likeness (QED) is 0.0798. The van der Waals surface area contributed by atoms with E-state index in [9.17, 15) is 4.57 Å². The lowest BCUT2D eigenvalue weighted by Crippen LogP contribution is -2.14. The summed E-state index contributed by atoms with van der Waals surface area (Å²) in [5, 5.41) is 0. The standard InChI is InChI=1S/C38H63O3P/c1-5-9-12-14-16-18-20-27-35-29-22-24-31-37(35)40-42(39,33-34(8-4)26-11-7-3)41-38-32-25-23-30-36(38)28-21-19-17-15-13-10-6-2/h22-25,29-32,34H,5-21,26-28,33H2,1-4H3. The highest BCUT2D eigenvalue weighted by atomic mass is 31.2. The van der Waals surface area contributed by atoms with Gasteiger partial charge in [-0.1, -0.05) is 160 Å². The van der Waals surface area contributed by atoms with Gasteiger partial charge in [-0.05, 0) is 61.3 Å². The Labute approximate surface area is 260 Å². The van der Waals surface area contributed by atoms with Crippen molar-refractivity contribution in [2.75, 3.05) is 6.16 Å². The Morgan fingerprint density at radius 2 is 0.952 bits per heavy atom. The number of aryl methyl sites for hydroxylation is 2. The average Bonchev–Trinajstić information content (AvgIpc) is 3.00. The molecule has 0 N–H and O–H groups in total. The fourth-order valence-corrected chi connectivity index (χ4v) is 7.99. The van der Waals surface area contributed by atoms with Gasteiger partial charge in [0.15, 0.2) is 0 Å². The summed E-state index contributed by atoms with van der Waals surface area (Å²) in [4.78, 5) is 0. The maximum absolute atomic E-state index is 14.7. The second-order valence-corrected chi connectivity index (χ2v) is 14.3. The summed E-state index contributed by atoms with van der Waals surface area (Å²) in [5.74, 6) is 1.80. The Hall–Kier alpha value is -1.73. The van der Waals surface area contributed by atoms with Crippen LogP contribution in [0.3, 0.4) is 0 Å². The van der Waals surface area contributed by atoms with Crippen LogP contribution >= 0.6 is 7.60 Å². The SMILES string of the molecule is CCCCCCCCCc1ccccc1OP(=O)(CC(CC)CCCC)Oc1ccccc1CCCCCCCCC. The van der Waals surface area contributed by atoms with E-state index in [1.54, 1.807) is 0 Å². The molecule has 0 spiro atoms. The van der Waals surface area contributed by atoms with Crippen LogP contribution in [0.5, 0.6) is 11.5 Å². The summed E-state index contributed by atoms with van der Waals surface area (Å²) in [5.41, 5.74) is 2.29. The summed E-state index contributed by atoms with van der Waals surface area (Å²) in [7, 11) is -3.44. The van der Waals surface area contributed by atoms with E-state index in [4.69, 9.17) is 9.05 Å². The molecule has 0 amide bonds. The van der Waals surface area contributed by atoms with Crippen molar-refractivity contribution < 1.29 is 13.6 Å². The van der Waals surface area contributed by atoms with Crippen molar-refractivity contribution in [3.05, 3.63) is 59.7 Å². The first-order valence-corrected chi connectivity index (χ1v) is 19.4. The Kier molecular flexibility index (Phi) is 19.8. The summed E-state index contributed by atoms with van der Waals surface area (Å²) < 4.78 is 27.8. The largest absolute Gasteiger partial charge is 0.430 e. The second kappa shape index (κ2) is 22.8. The zero-order valence-corrected chi connectivity index (χ0v) is 28.6. The lowest BCUT2D eigenvalue weighted by atomic mass is 10.0. The van der Waals surface area contributed by atoms with Crippen LogP contribution in [0.1, 0.15) is 154 Å². The highest BCUT2D eigenvalue weighted by Gasteiger charge is 2.33. The lowest BCUT2D eigenvalue weighted by molar-refractivity contribution is 0.363. The van der Waals surface area contributed by atoms with E-state index in [2.05, 4.69) is 52.0 Å². The maximum atomic E-state index is 14.7. The topological polar surface area (TPSA) is 35.5 Å². The minimum Gasteiger partial charge on any atom is -0.416 e. The number of hydrogen-bond acceptors (Lipinski definition) is 3. The lowest BCUT2D eigenvalue weighted by Gasteiger charge is -2.26. The van der Waals surface area contributed by atoms with Gasteiger partial charge >= 0.3 is 7.60 Å². The number of para-hydroxylation sites is 2. The first-order valence-electron chi connectivity index (χ1n) is 17.7. The highest BCUT2D eigenvalue weighted by molar-refractivity contribution is 7.54. The van der Waals surface area contributed by atoms with Gasteiger partial charge in [0.1, 0.15) is 11.5 Å². The minimum atomic E-state index is -3.44. The van der Waals surface area contributed by atoms with Crippen molar-refractivity contribution in [2.45, 2.75) is 156 Å². The molecule has 2 aromatic carbocycles. The Bertz CT molecular complexity index is 920. The fraction of sp³-hybridized carbons (Fsp3) is 0.684.